The summed E-state index contributed by atoms with van der Waals surface area (Å²) in [5.41, 5.74) is 8.59. The van der Waals surface area contributed by atoms with Gasteiger partial charge in [-0.25, -0.2) is 0 Å². The zero-order valence-corrected chi connectivity index (χ0v) is 23.0. The lowest BCUT2D eigenvalue weighted by molar-refractivity contribution is 0.496. The molecule has 3 aromatic carbocycles. The van der Waals surface area contributed by atoms with Gasteiger partial charge in [0.15, 0.2) is 0 Å². The summed E-state index contributed by atoms with van der Waals surface area (Å²) in [4.78, 5) is 0. The van der Waals surface area contributed by atoms with E-state index < -0.39 is 0 Å². The summed E-state index contributed by atoms with van der Waals surface area (Å²) in [7, 11) is 0. The van der Waals surface area contributed by atoms with E-state index in [1.165, 1.54) is 59.1 Å². The van der Waals surface area contributed by atoms with Gasteiger partial charge in [-0.1, -0.05) is 120 Å². The van der Waals surface area contributed by atoms with Crippen molar-refractivity contribution in [1.29, 1.82) is 0 Å². The highest BCUT2D eigenvalue weighted by atomic mass is 15.1. The number of fused-ring (bicyclic) bond motifs is 1. The highest BCUT2D eigenvalue weighted by Crippen LogP contribution is 2.36. The SMILES string of the molecule is CCC(C)CCCc1ccc(N=NC2C=C/C(=C/c3ccc(CC(C)CC)cc3)c3ccccc32)cc1. The molecule has 0 N–H and O–H groups in total. The van der Waals surface area contributed by atoms with Crippen molar-refractivity contribution in [2.45, 2.75) is 72.3 Å². The van der Waals surface area contributed by atoms with E-state index in [0.717, 1.165) is 30.4 Å². The third-order valence-electron chi connectivity index (χ3n) is 7.72. The van der Waals surface area contributed by atoms with Gasteiger partial charge >= 0.3 is 0 Å². The molecule has 3 unspecified atom stereocenters. The molecule has 4 rings (SSSR count). The lowest BCUT2D eigenvalue weighted by Crippen LogP contribution is -2.02. The minimum Gasteiger partial charge on any atom is -0.176 e. The van der Waals surface area contributed by atoms with E-state index in [-0.39, 0.29) is 6.04 Å². The minimum absolute atomic E-state index is 0.0681. The van der Waals surface area contributed by atoms with Crippen LogP contribution in [0.3, 0.4) is 0 Å². The van der Waals surface area contributed by atoms with Gasteiger partial charge in [0.25, 0.3) is 0 Å². The van der Waals surface area contributed by atoms with Crippen LogP contribution in [0.5, 0.6) is 0 Å². The molecule has 0 heterocycles. The van der Waals surface area contributed by atoms with Gasteiger partial charge in [0.2, 0.25) is 0 Å². The molecule has 0 aliphatic heterocycles. The van der Waals surface area contributed by atoms with Crippen LogP contribution in [0.4, 0.5) is 5.69 Å². The van der Waals surface area contributed by atoms with E-state index in [9.17, 15) is 0 Å². The molecular formula is C35H42N2. The van der Waals surface area contributed by atoms with Crippen molar-refractivity contribution in [2.24, 2.45) is 22.1 Å². The second kappa shape index (κ2) is 13.3. The smallest absolute Gasteiger partial charge is 0.115 e. The van der Waals surface area contributed by atoms with E-state index in [4.69, 9.17) is 5.11 Å². The Bertz CT molecular complexity index is 1210. The average molecular weight is 491 g/mol. The minimum atomic E-state index is -0.0681. The largest absolute Gasteiger partial charge is 0.176 e. The molecule has 2 heteroatoms. The topological polar surface area (TPSA) is 24.7 Å². The van der Waals surface area contributed by atoms with Crippen LogP contribution in [0.2, 0.25) is 0 Å². The van der Waals surface area contributed by atoms with Crippen molar-refractivity contribution >= 4 is 17.3 Å². The molecule has 1 aliphatic carbocycles. The molecule has 3 aromatic rings. The first-order chi connectivity index (χ1) is 18.1. The molecule has 2 nitrogen and oxygen atoms in total. The van der Waals surface area contributed by atoms with Gasteiger partial charge in [0, 0.05) is 0 Å². The summed E-state index contributed by atoms with van der Waals surface area (Å²) in [6.45, 7) is 9.19. The number of nitrogens with zero attached hydrogens (tertiary/aromatic N) is 2. The van der Waals surface area contributed by atoms with Crippen LogP contribution >= 0.6 is 0 Å². The zero-order chi connectivity index (χ0) is 26.0. The molecule has 3 atom stereocenters. The number of allylic oxidation sites excluding steroid dienone is 2. The first-order valence-electron chi connectivity index (χ1n) is 14.1. The van der Waals surface area contributed by atoms with Gasteiger partial charge in [-0.15, -0.1) is 0 Å². The Hall–Kier alpha value is -3.26. The maximum absolute atomic E-state index is 4.72. The summed E-state index contributed by atoms with van der Waals surface area (Å²) >= 11 is 0. The fourth-order valence-electron chi connectivity index (χ4n) is 4.83. The number of azo groups is 1. The Morgan fingerprint density at radius 3 is 2.24 bits per heavy atom. The average Bonchev–Trinajstić information content (AvgIpc) is 2.94. The first-order valence-corrected chi connectivity index (χ1v) is 14.1. The Kier molecular flexibility index (Phi) is 9.65. The number of aryl methyl sites for hydroxylation is 1. The van der Waals surface area contributed by atoms with Crippen molar-refractivity contribution < 1.29 is 0 Å². The fourth-order valence-corrected chi connectivity index (χ4v) is 4.83. The van der Waals surface area contributed by atoms with Crippen molar-refractivity contribution in [2.75, 3.05) is 0 Å². The monoisotopic (exact) mass is 490 g/mol. The quantitative estimate of drug-likeness (QED) is 0.239. The van der Waals surface area contributed by atoms with Crippen molar-refractivity contribution in [3.63, 3.8) is 0 Å². The summed E-state index contributed by atoms with van der Waals surface area (Å²) in [6, 6.07) is 26.1. The molecule has 37 heavy (non-hydrogen) atoms. The second-order valence-electron chi connectivity index (χ2n) is 10.7. The van der Waals surface area contributed by atoms with Gasteiger partial charge in [0.05, 0.1) is 5.69 Å². The number of benzene rings is 3. The lowest BCUT2D eigenvalue weighted by Gasteiger charge is -2.19. The predicted octanol–water partition coefficient (Wildman–Crippen LogP) is 10.6. The molecule has 192 valence electrons. The summed E-state index contributed by atoms with van der Waals surface area (Å²) < 4.78 is 0. The maximum atomic E-state index is 4.72. The van der Waals surface area contributed by atoms with Gasteiger partial charge in [0.1, 0.15) is 6.04 Å². The number of hydrogen-bond donors (Lipinski definition) is 0. The van der Waals surface area contributed by atoms with Crippen molar-refractivity contribution in [3.8, 4) is 0 Å². The fraction of sp³-hybridized carbons (Fsp3) is 0.371. The summed E-state index contributed by atoms with van der Waals surface area (Å²) in [5.74, 6) is 1.54. The Balaban J connectivity index is 1.44. The van der Waals surface area contributed by atoms with Gasteiger partial charge in [-0.3, -0.25) is 0 Å². The highest BCUT2D eigenvalue weighted by Gasteiger charge is 2.18. The first kappa shape index (κ1) is 26.8. The molecule has 1 aliphatic rings. The van der Waals surface area contributed by atoms with Crippen LogP contribution in [0.1, 0.15) is 87.2 Å². The molecule has 0 saturated carbocycles. The van der Waals surface area contributed by atoms with Crippen LogP contribution in [0.25, 0.3) is 11.6 Å². The molecule has 0 spiro atoms. The van der Waals surface area contributed by atoms with E-state index in [1.807, 2.05) is 0 Å². The molecule has 0 aromatic heterocycles. The molecule has 0 saturated heterocycles. The molecule has 0 bridgehead atoms. The van der Waals surface area contributed by atoms with E-state index in [1.54, 1.807) is 0 Å². The Labute approximate surface area is 224 Å². The van der Waals surface area contributed by atoms with Crippen LogP contribution in [0, 0.1) is 11.8 Å². The van der Waals surface area contributed by atoms with Crippen molar-refractivity contribution in [1.82, 2.24) is 0 Å². The van der Waals surface area contributed by atoms with Crippen LogP contribution < -0.4 is 0 Å². The van der Waals surface area contributed by atoms with Crippen LogP contribution in [-0.2, 0) is 12.8 Å². The van der Waals surface area contributed by atoms with Gasteiger partial charge in [-0.05, 0) is 82.7 Å². The van der Waals surface area contributed by atoms with Crippen LogP contribution in [0.15, 0.2) is 95.2 Å². The van der Waals surface area contributed by atoms with Crippen molar-refractivity contribution in [3.05, 3.63) is 113 Å². The second-order valence-corrected chi connectivity index (χ2v) is 10.7. The third kappa shape index (κ3) is 7.61. The van der Waals surface area contributed by atoms with E-state index >= 15 is 0 Å². The number of rotatable bonds is 11. The molecule has 0 amide bonds. The molecule has 0 fully saturated rings. The normalized spacial score (nSPS) is 17.7. The molecular weight excluding hydrogens is 448 g/mol. The number of hydrogen-bond acceptors (Lipinski definition) is 2. The third-order valence-corrected chi connectivity index (χ3v) is 7.72. The summed E-state index contributed by atoms with van der Waals surface area (Å²) in [5, 5.41) is 9.32. The van der Waals surface area contributed by atoms with Crippen LogP contribution in [-0.4, -0.2) is 0 Å². The highest BCUT2D eigenvalue weighted by molar-refractivity contribution is 5.90. The lowest BCUT2D eigenvalue weighted by atomic mass is 9.88. The van der Waals surface area contributed by atoms with Gasteiger partial charge < -0.3 is 0 Å². The van der Waals surface area contributed by atoms with E-state index in [0.29, 0.717) is 0 Å². The predicted molar refractivity (Wildman–Crippen MR) is 159 cm³/mol. The molecule has 0 radical (unpaired) electrons. The zero-order valence-electron chi connectivity index (χ0n) is 23.0. The van der Waals surface area contributed by atoms with Gasteiger partial charge in [-0.2, -0.15) is 10.2 Å². The standard InChI is InChI=1S/C35H42N2/c1-5-26(3)10-9-11-28-18-21-32(22-19-28)36-37-35-23-20-31(33-12-7-8-13-34(33)35)25-30-16-14-29(15-17-30)24-27(4)6-2/h7-8,12-23,25-27,35H,5-6,9-11,24H2,1-4H3/b31-25-,37-36?. The maximum Gasteiger partial charge on any atom is 0.115 e. The Morgan fingerprint density at radius 2 is 1.51 bits per heavy atom. The summed E-state index contributed by atoms with van der Waals surface area (Å²) in [6.07, 6.45) is 13.9. The van der Waals surface area contributed by atoms with E-state index in [2.05, 4.69) is 124 Å². The Morgan fingerprint density at radius 1 is 0.811 bits per heavy atom.